The van der Waals surface area contributed by atoms with Crippen LogP contribution in [0.25, 0.3) is 16.7 Å². The van der Waals surface area contributed by atoms with Crippen molar-refractivity contribution in [2.75, 3.05) is 21.3 Å². The minimum Gasteiger partial charge on any atom is -0.493 e. The first-order valence-electron chi connectivity index (χ1n) is 10.7. The number of methoxy groups -OCH3 is 3. The maximum absolute atomic E-state index is 12.6. The van der Waals surface area contributed by atoms with E-state index in [1.807, 2.05) is 66.7 Å². The van der Waals surface area contributed by atoms with Gasteiger partial charge in [-0.05, 0) is 42.0 Å². The highest BCUT2D eigenvalue weighted by Gasteiger charge is 2.15. The summed E-state index contributed by atoms with van der Waals surface area (Å²) < 4.78 is 18.2. The Kier molecular flexibility index (Phi) is 6.78. The van der Waals surface area contributed by atoms with Crippen molar-refractivity contribution in [3.63, 3.8) is 0 Å². The van der Waals surface area contributed by atoms with Crippen LogP contribution in [0.3, 0.4) is 0 Å². The number of benzene rings is 3. The number of amides is 1. The van der Waals surface area contributed by atoms with E-state index in [-0.39, 0.29) is 5.91 Å². The number of nitrogens with one attached hydrogen (secondary N) is 1. The van der Waals surface area contributed by atoms with E-state index in [1.54, 1.807) is 21.3 Å². The molecule has 1 amide bonds. The highest BCUT2D eigenvalue weighted by Crippen LogP contribution is 2.38. The summed E-state index contributed by atoms with van der Waals surface area (Å²) in [4.78, 5) is 17.4. The number of carbonyl (C=O) groups is 1. The molecular weight excluding hydrogens is 418 g/mol. The second-order valence-corrected chi connectivity index (χ2v) is 7.50. The summed E-state index contributed by atoms with van der Waals surface area (Å²) in [5, 5.41) is 2.97. The number of carbonyl (C=O) groups excluding carboxylic acids is 1. The van der Waals surface area contributed by atoms with Crippen LogP contribution in [-0.4, -0.2) is 36.8 Å². The van der Waals surface area contributed by atoms with Crippen molar-refractivity contribution in [2.45, 2.75) is 19.4 Å². The Morgan fingerprint density at radius 3 is 2.24 bits per heavy atom. The van der Waals surface area contributed by atoms with E-state index in [0.29, 0.717) is 36.6 Å². The van der Waals surface area contributed by atoms with Crippen LogP contribution < -0.4 is 19.5 Å². The number of ether oxygens (including phenoxy) is 3. The number of imidazole rings is 1. The number of fused-ring (bicyclic) bond motifs is 1. The third-order valence-electron chi connectivity index (χ3n) is 5.43. The number of rotatable bonds is 9. The monoisotopic (exact) mass is 445 g/mol. The third-order valence-corrected chi connectivity index (χ3v) is 5.43. The first-order valence-corrected chi connectivity index (χ1v) is 10.7. The summed E-state index contributed by atoms with van der Waals surface area (Å²) in [5.41, 5.74) is 3.82. The Labute approximate surface area is 192 Å². The molecular formula is C26H27N3O4. The molecule has 1 N–H and O–H groups in total. The third kappa shape index (κ3) is 4.77. The largest absolute Gasteiger partial charge is 0.493 e. The summed E-state index contributed by atoms with van der Waals surface area (Å²) in [5.74, 6) is 2.42. The van der Waals surface area contributed by atoms with Crippen molar-refractivity contribution < 1.29 is 19.0 Å². The normalized spacial score (nSPS) is 10.8. The van der Waals surface area contributed by atoms with Gasteiger partial charge in [0.1, 0.15) is 5.82 Å². The fraction of sp³-hybridized carbons (Fsp3) is 0.231. The number of nitrogens with zero attached hydrogens (tertiary/aromatic N) is 2. The van der Waals surface area contributed by atoms with Crippen LogP contribution >= 0.6 is 0 Å². The van der Waals surface area contributed by atoms with Crippen LogP contribution in [0.2, 0.25) is 0 Å². The Balaban J connectivity index is 1.47. The highest BCUT2D eigenvalue weighted by molar-refractivity contribution is 5.79. The van der Waals surface area contributed by atoms with E-state index in [9.17, 15) is 4.79 Å². The van der Waals surface area contributed by atoms with E-state index in [1.165, 1.54) is 0 Å². The molecule has 4 rings (SSSR count). The van der Waals surface area contributed by atoms with Crippen molar-refractivity contribution in [2.24, 2.45) is 0 Å². The lowest BCUT2D eigenvalue weighted by Crippen LogP contribution is -2.23. The van der Waals surface area contributed by atoms with Gasteiger partial charge in [0.15, 0.2) is 11.5 Å². The van der Waals surface area contributed by atoms with Crippen molar-refractivity contribution in [1.82, 2.24) is 14.9 Å². The van der Waals surface area contributed by atoms with Gasteiger partial charge in [-0.2, -0.15) is 0 Å². The van der Waals surface area contributed by atoms with Crippen molar-refractivity contribution in [1.29, 1.82) is 0 Å². The summed E-state index contributed by atoms with van der Waals surface area (Å²) in [7, 11) is 4.70. The summed E-state index contributed by atoms with van der Waals surface area (Å²) in [6, 6.07) is 21.7. The maximum atomic E-state index is 12.6. The average Bonchev–Trinajstić information content (AvgIpc) is 3.24. The molecule has 4 aromatic rings. The molecule has 7 heteroatoms. The minimum atomic E-state index is -0.0598. The van der Waals surface area contributed by atoms with Crippen molar-refractivity contribution >= 4 is 16.9 Å². The Hall–Kier alpha value is -4.00. The van der Waals surface area contributed by atoms with Gasteiger partial charge in [-0.15, -0.1) is 0 Å². The second-order valence-electron chi connectivity index (χ2n) is 7.50. The van der Waals surface area contributed by atoms with Crippen molar-refractivity contribution in [3.8, 4) is 22.9 Å². The molecule has 1 heterocycles. The molecule has 0 unspecified atom stereocenters. The molecule has 1 aromatic heterocycles. The van der Waals surface area contributed by atoms with E-state index < -0.39 is 0 Å². The fourth-order valence-corrected chi connectivity index (χ4v) is 3.86. The van der Waals surface area contributed by atoms with Crippen LogP contribution in [0.1, 0.15) is 17.8 Å². The van der Waals surface area contributed by atoms with Gasteiger partial charge in [0.2, 0.25) is 11.7 Å². The fourth-order valence-electron chi connectivity index (χ4n) is 3.86. The average molecular weight is 446 g/mol. The van der Waals surface area contributed by atoms with E-state index >= 15 is 0 Å². The zero-order chi connectivity index (χ0) is 23.2. The van der Waals surface area contributed by atoms with Gasteiger partial charge in [-0.25, -0.2) is 4.98 Å². The molecule has 0 saturated heterocycles. The smallest absolute Gasteiger partial charge is 0.220 e. The van der Waals surface area contributed by atoms with Gasteiger partial charge in [0.05, 0.1) is 32.4 Å². The van der Waals surface area contributed by atoms with Crippen LogP contribution in [-0.2, 0) is 17.8 Å². The molecule has 0 fully saturated rings. The molecule has 33 heavy (non-hydrogen) atoms. The molecule has 170 valence electrons. The van der Waals surface area contributed by atoms with Gasteiger partial charge >= 0.3 is 0 Å². The van der Waals surface area contributed by atoms with Gasteiger partial charge in [0.25, 0.3) is 0 Å². The summed E-state index contributed by atoms with van der Waals surface area (Å²) in [6.45, 7) is 0.352. The van der Waals surface area contributed by atoms with E-state index in [4.69, 9.17) is 19.2 Å². The molecule has 0 spiro atoms. The first-order chi connectivity index (χ1) is 16.1. The Morgan fingerprint density at radius 2 is 1.58 bits per heavy atom. The molecule has 0 radical (unpaired) electrons. The Morgan fingerprint density at radius 1 is 0.909 bits per heavy atom. The highest BCUT2D eigenvalue weighted by atomic mass is 16.5. The summed E-state index contributed by atoms with van der Waals surface area (Å²) >= 11 is 0. The molecule has 0 aliphatic carbocycles. The number of hydrogen-bond donors (Lipinski definition) is 1. The molecule has 0 aliphatic heterocycles. The molecule has 0 bridgehead atoms. The number of hydrogen-bond acceptors (Lipinski definition) is 5. The number of aromatic nitrogens is 2. The van der Waals surface area contributed by atoms with Crippen LogP contribution in [0.15, 0.2) is 66.7 Å². The number of aryl methyl sites for hydroxylation is 1. The lowest BCUT2D eigenvalue weighted by molar-refractivity contribution is -0.121. The minimum absolute atomic E-state index is 0.0598. The predicted molar refractivity (Wildman–Crippen MR) is 127 cm³/mol. The molecule has 7 nitrogen and oxygen atoms in total. The van der Waals surface area contributed by atoms with E-state index in [2.05, 4.69) is 9.88 Å². The van der Waals surface area contributed by atoms with Crippen LogP contribution in [0.5, 0.6) is 17.2 Å². The lowest BCUT2D eigenvalue weighted by atomic mass is 10.1. The molecule has 0 saturated carbocycles. The summed E-state index contributed by atoms with van der Waals surface area (Å²) in [6.07, 6.45) is 0.839. The van der Waals surface area contributed by atoms with E-state index in [0.717, 1.165) is 28.1 Å². The first kappa shape index (κ1) is 22.2. The van der Waals surface area contributed by atoms with Gasteiger partial charge < -0.3 is 19.5 Å². The van der Waals surface area contributed by atoms with Crippen molar-refractivity contribution in [3.05, 3.63) is 78.1 Å². The molecule has 3 aromatic carbocycles. The number of para-hydroxylation sites is 3. The SMILES string of the molecule is COc1cc(CNC(=O)CCc2nc3ccccc3n2-c2ccccc2)cc(OC)c1OC. The molecule has 0 atom stereocenters. The van der Waals surface area contributed by atoms with Gasteiger partial charge in [0, 0.05) is 25.1 Å². The zero-order valence-corrected chi connectivity index (χ0v) is 19.0. The standard InChI is InChI=1S/C26H27N3O4/c1-31-22-15-18(16-23(32-2)26(22)33-3)17-27-25(30)14-13-24-28-20-11-7-8-12-21(20)29(24)19-9-5-4-6-10-19/h4-12,15-16H,13-14,17H2,1-3H3,(H,27,30). The lowest BCUT2D eigenvalue weighted by Gasteiger charge is -2.14. The van der Waals surface area contributed by atoms with Crippen LogP contribution in [0.4, 0.5) is 0 Å². The molecule has 0 aliphatic rings. The van der Waals surface area contributed by atoms with Crippen LogP contribution in [0, 0.1) is 0 Å². The maximum Gasteiger partial charge on any atom is 0.220 e. The topological polar surface area (TPSA) is 74.6 Å². The Bertz CT molecular complexity index is 1230. The quantitative estimate of drug-likeness (QED) is 0.416. The van der Waals surface area contributed by atoms with Gasteiger partial charge in [-0.3, -0.25) is 9.36 Å². The van der Waals surface area contributed by atoms with Gasteiger partial charge in [-0.1, -0.05) is 30.3 Å². The zero-order valence-electron chi connectivity index (χ0n) is 19.0. The predicted octanol–water partition coefficient (Wildman–Crippen LogP) is 4.30. The second kappa shape index (κ2) is 10.1.